The van der Waals surface area contributed by atoms with Crippen LogP contribution in [0, 0.1) is 0 Å². The minimum atomic E-state index is -0.121. The molecule has 20 heavy (non-hydrogen) atoms. The van der Waals surface area contributed by atoms with Gasteiger partial charge in [-0.05, 0) is 32.2 Å². The first-order valence-electron chi connectivity index (χ1n) is 7.45. The molecular weight excluding hydrogens is 256 g/mol. The second-order valence-corrected chi connectivity index (χ2v) is 5.23. The summed E-state index contributed by atoms with van der Waals surface area (Å²) in [4.78, 5) is 4.31. The van der Waals surface area contributed by atoms with Gasteiger partial charge in [-0.3, -0.25) is 4.99 Å². The van der Waals surface area contributed by atoms with E-state index in [2.05, 4.69) is 29.3 Å². The molecule has 3 N–H and O–H groups in total. The van der Waals surface area contributed by atoms with Crippen molar-refractivity contribution in [2.24, 2.45) is 15.9 Å². The topological polar surface area (TPSA) is 81.2 Å². The third kappa shape index (κ3) is 8.24. The van der Waals surface area contributed by atoms with Crippen LogP contribution in [-0.2, 0) is 9.47 Å². The lowest BCUT2D eigenvalue weighted by Crippen LogP contribution is -2.26. The lowest BCUT2D eigenvalue weighted by molar-refractivity contribution is -0.152. The molecule has 1 saturated heterocycles. The standard InChI is InChI=1S/C14H28N4O2/c1-12(2)17-8-5-7-16-10-13(18-15)11-20-14-6-3-4-9-19-14/h10,12,14,17H,3-9,11,15H2,1-2H3/b16-10?,18-13+. The highest BCUT2D eigenvalue weighted by molar-refractivity contribution is 6.31. The van der Waals surface area contributed by atoms with Crippen LogP contribution < -0.4 is 11.2 Å². The van der Waals surface area contributed by atoms with Gasteiger partial charge in [0, 0.05) is 25.4 Å². The number of ether oxygens (including phenoxy) is 2. The van der Waals surface area contributed by atoms with Gasteiger partial charge in [-0.1, -0.05) is 13.8 Å². The van der Waals surface area contributed by atoms with Gasteiger partial charge in [0.05, 0.1) is 6.61 Å². The van der Waals surface area contributed by atoms with Crippen LogP contribution in [0.1, 0.15) is 39.5 Å². The Hall–Kier alpha value is -0.980. The predicted molar refractivity (Wildman–Crippen MR) is 82.3 cm³/mol. The number of hydrogen-bond acceptors (Lipinski definition) is 6. The van der Waals surface area contributed by atoms with Crippen LogP contribution in [-0.4, -0.2) is 50.6 Å². The molecule has 0 aliphatic carbocycles. The second kappa shape index (κ2) is 10.8. The molecule has 0 aromatic carbocycles. The van der Waals surface area contributed by atoms with Crippen LogP contribution in [0.4, 0.5) is 0 Å². The van der Waals surface area contributed by atoms with Crippen molar-refractivity contribution < 1.29 is 9.47 Å². The van der Waals surface area contributed by atoms with Crippen LogP contribution in [0.15, 0.2) is 10.1 Å². The lowest BCUT2D eigenvalue weighted by atomic mass is 10.2. The van der Waals surface area contributed by atoms with Gasteiger partial charge in [0.1, 0.15) is 5.71 Å². The van der Waals surface area contributed by atoms with Crippen molar-refractivity contribution in [1.82, 2.24) is 5.32 Å². The third-order valence-corrected chi connectivity index (χ3v) is 2.98. The summed E-state index contributed by atoms with van der Waals surface area (Å²) in [6.45, 7) is 7.13. The Morgan fingerprint density at radius 1 is 1.50 bits per heavy atom. The molecule has 116 valence electrons. The third-order valence-electron chi connectivity index (χ3n) is 2.98. The first-order chi connectivity index (χ1) is 9.72. The van der Waals surface area contributed by atoms with Gasteiger partial charge in [0.2, 0.25) is 0 Å². The van der Waals surface area contributed by atoms with Crippen molar-refractivity contribution in [2.75, 3.05) is 26.3 Å². The van der Waals surface area contributed by atoms with Gasteiger partial charge in [-0.25, -0.2) is 0 Å². The number of nitrogens with two attached hydrogens (primary N) is 1. The molecule has 6 heteroatoms. The fourth-order valence-electron chi connectivity index (χ4n) is 1.86. The largest absolute Gasteiger partial charge is 0.353 e. The number of rotatable bonds is 9. The van der Waals surface area contributed by atoms with E-state index in [1.807, 2.05) is 0 Å². The van der Waals surface area contributed by atoms with E-state index in [0.29, 0.717) is 18.4 Å². The lowest BCUT2D eigenvalue weighted by Gasteiger charge is -2.22. The number of hydrazone groups is 1. The summed E-state index contributed by atoms with van der Waals surface area (Å²) in [5.74, 6) is 5.33. The van der Waals surface area contributed by atoms with E-state index in [1.54, 1.807) is 6.21 Å². The molecule has 0 saturated carbocycles. The van der Waals surface area contributed by atoms with Gasteiger partial charge >= 0.3 is 0 Å². The Kier molecular flexibility index (Phi) is 9.19. The Morgan fingerprint density at radius 2 is 2.35 bits per heavy atom. The first-order valence-corrected chi connectivity index (χ1v) is 7.45. The van der Waals surface area contributed by atoms with E-state index in [-0.39, 0.29) is 6.29 Å². The molecular formula is C14H28N4O2. The maximum Gasteiger partial charge on any atom is 0.158 e. The van der Waals surface area contributed by atoms with Crippen molar-refractivity contribution >= 4 is 11.9 Å². The summed E-state index contributed by atoms with van der Waals surface area (Å²) < 4.78 is 11.1. The number of nitrogens with zero attached hydrogens (tertiary/aromatic N) is 2. The molecule has 1 rings (SSSR count). The van der Waals surface area contributed by atoms with E-state index >= 15 is 0 Å². The van der Waals surface area contributed by atoms with Crippen molar-refractivity contribution in [1.29, 1.82) is 0 Å². The summed E-state index contributed by atoms with van der Waals surface area (Å²) in [6, 6.07) is 0.518. The van der Waals surface area contributed by atoms with Gasteiger partial charge in [-0.2, -0.15) is 5.10 Å². The summed E-state index contributed by atoms with van der Waals surface area (Å²) in [6.07, 6.45) is 5.78. The second-order valence-electron chi connectivity index (χ2n) is 5.23. The van der Waals surface area contributed by atoms with E-state index in [1.165, 1.54) is 0 Å². The van der Waals surface area contributed by atoms with Crippen LogP contribution in [0.5, 0.6) is 0 Å². The average molecular weight is 284 g/mol. The van der Waals surface area contributed by atoms with Crippen molar-refractivity contribution in [3.8, 4) is 0 Å². The zero-order chi connectivity index (χ0) is 14.6. The molecule has 0 bridgehead atoms. The average Bonchev–Trinajstić information content (AvgIpc) is 2.46. The molecule has 0 aromatic heterocycles. The number of nitrogens with one attached hydrogen (secondary N) is 1. The summed E-state index contributed by atoms with van der Waals surface area (Å²) >= 11 is 0. The molecule has 0 radical (unpaired) electrons. The molecule has 1 heterocycles. The van der Waals surface area contributed by atoms with Gasteiger partial charge < -0.3 is 20.6 Å². The zero-order valence-electron chi connectivity index (χ0n) is 12.7. The van der Waals surface area contributed by atoms with Crippen molar-refractivity contribution in [3.05, 3.63) is 0 Å². The smallest absolute Gasteiger partial charge is 0.158 e. The summed E-state index contributed by atoms with van der Waals surface area (Å²) in [5.41, 5.74) is 0.649. The molecule has 1 unspecified atom stereocenters. The minimum Gasteiger partial charge on any atom is -0.353 e. The van der Waals surface area contributed by atoms with Crippen LogP contribution in [0.25, 0.3) is 0 Å². The quantitative estimate of drug-likeness (QED) is 0.289. The highest BCUT2D eigenvalue weighted by atomic mass is 16.7. The van der Waals surface area contributed by atoms with Crippen molar-refractivity contribution in [3.63, 3.8) is 0 Å². The highest BCUT2D eigenvalue weighted by Gasteiger charge is 2.14. The van der Waals surface area contributed by atoms with Crippen LogP contribution in [0.3, 0.4) is 0 Å². The molecule has 1 aliphatic heterocycles. The SMILES string of the molecule is CC(C)NCCCN=C/C(COC1CCCCO1)=N\N. The monoisotopic (exact) mass is 284 g/mol. The molecule has 1 aliphatic rings. The fraction of sp³-hybridized carbons (Fsp3) is 0.857. The Morgan fingerprint density at radius 3 is 3.00 bits per heavy atom. The molecule has 1 atom stereocenters. The zero-order valence-corrected chi connectivity index (χ0v) is 12.7. The minimum absolute atomic E-state index is 0.121. The molecule has 0 aromatic rings. The van der Waals surface area contributed by atoms with E-state index in [9.17, 15) is 0 Å². The Labute approximate surface area is 121 Å². The number of aliphatic imine (C=N–C) groups is 1. The molecule has 6 nitrogen and oxygen atoms in total. The fourth-order valence-corrected chi connectivity index (χ4v) is 1.86. The normalized spacial score (nSPS) is 20.9. The van der Waals surface area contributed by atoms with E-state index in [4.69, 9.17) is 15.3 Å². The first kappa shape index (κ1) is 17.1. The summed E-state index contributed by atoms with van der Waals surface area (Å²) in [5, 5.41) is 7.04. The van der Waals surface area contributed by atoms with Gasteiger partial charge in [-0.15, -0.1) is 0 Å². The predicted octanol–water partition coefficient (Wildman–Crippen LogP) is 1.30. The maximum absolute atomic E-state index is 5.61. The maximum atomic E-state index is 5.61. The van der Waals surface area contributed by atoms with Crippen molar-refractivity contribution in [2.45, 2.75) is 51.9 Å². The Balaban J connectivity index is 2.12. The van der Waals surface area contributed by atoms with Gasteiger partial charge in [0.25, 0.3) is 0 Å². The Bertz CT molecular complexity index is 300. The molecule has 0 amide bonds. The molecule has 1 fully saturated rings. The highest BCUT2D eigenvalue weighted by Crippen LogP contribution is 2.13. The van der Waals surface area contributed by atoms with Crippen LogP contribution >= 0.6 is 0 Å². The van der Waals surface area contributed by atoms with E-state index in [0.717, 1.165) is 45.4 Å². The van der Waals surface area contributed by atoms with Crippen LogP contribution in [0.2, 0.25) is 0 Å². The van der Waals surface area contributed by atoms with E-state index < -0.39 is 0 Å². The molecule has 0 spiro atoms. The summed E-state index contributed by atoms with van der Waals surface area (Å²) in [7, 11) is 0. The van der Waals surface area contributed by atoms with Gasteiger partial charge in [0.15, 0.2) is 6.29 Å². The number of hydrogen-bond donors (Lipinski definition) is 2.